The summed E-state index contributed by atoms with van der Waals surface area (Å²) in [6, 6.07) is 3.12. The van der Waals surface area contributed by atoms with E-state index in [0.29, 0.717) is 12.1 Å². The SMILES string of the molecule is Cc1ccoc1CN(C)C1CCC(N)CC1. The minimum atomic E-state index is 0.426. The maximum atomic E-state index is 5.92. The van der Waals surface area contributed by atoms with Crippen molar-refractivity contribution in [3.05, 3.63) is 23.7 Å². The molecule has 0 amide bonds. The lowest BCUT2D eigenvalue weighted by atomic mass is 9.91. The van der Waals surface area contributed by atoms with Gasteiger partial charge in [0, 0.05) is 12.1 Å². The first kappa shape index (κ1) is 11.7. The molecular weight excluding hydrogens is 200 g/mol. The summed E-state index contributed by atoms with van der Waals surface area (Å²) in [6.45, 7) is 3.02. The predicted molar refractivity (Wildman–Crippen MR) is 65.1 cm³/mol. The Balaban J connectivity index is 1.88. The third kappa shape index (κ3) is 2.66. The van der Waals surface area contributed by atoms with Gasteiger partial charge in [-0.25, -0.2) is 0 Å². The summed E-state index contributed by atoms with van der Waals surface area (Å²) in [7, 11) is 2.18. The topological polar surface area (TPSA) is 42.4 Å². The highest BCUT2D eigenvalue weighted by atomic mass is 16.3. The van der Waals surface area contributed by atoms with Gasteiger partial charge in [0.25, 0.3) is 0 Å². The Morgan fingerprint density at radius 2 is 2.06 bits per heavy atom. The van der Waals surface area contributed by atoms with Crippen molar-refractivity contribution in [2.24, 2.45) is 5.73 Å². The molecule has 0 aromatic carbocycles. The molecule has 1 aromatic heterocycles. The molecule has 16 heavy (non-hydrogen) atoms. The molecular formula is C13H22N2O. The van der Waals surface area contributed by atoms with Crippen LogP contribution in [0.25, 0.3) is 0 Å². The van der Waals surface area contributed by atoms with Crippen LogP contribution < -0.4 is 5.73 Å². The number of rotatable bonds is 3. The van der Waals surface area contributed by atoms with Crippen molar-refractivity contribution in [3.8, 4) is 0 Å². The van der Waals surface area contributed by atoms with Gasteiger partial charge < -0.3 is 10.2 Å². The van der Waals surface area contributed by atoms with Crippen LogP contribution in [0.2, 0.25) is 0 Å². The molecule has 2 rings (SSSR count). The minimum Gasteiger partial charge on any atom is -0.468 e. The van der Waals surface area contributed by atoms with Crippen molar-refractivity contribution in [3.63, 3.8) is 0 Å². The van der Waals surface area contributed by atoms with Gasteiger partial charge in [-0.15, -0.1) is 0 Å². The van der Waals surface area contributed by atoms with E-state index in [1.165, 1.54) is 18.4 Å². The quantitative estimate of drug-likeness (QED) is 0.853. The first-order valence-electron chi connectivity index (χ1n) is 6.15. The predicted octanol–water partition coefficient (Wildman–Crippen LogP) is 2.29. The Morgan fingerprint density at radius 3 is 2.62 bits per heavy atom. The number of aryl methyl sites for hydroxylation is 1. The van der Waals surface area contributed by atoms with E-state index in [-0.39, 0.29) is 0 Å². The molecule has 0 radical (unpaired) electrons. The molecule has 1 heterocycles. The molecule has 90 valence electrons. The van der Waals surface area contributed by atoms with Gasteiger partial charge in [-0.05, 0) is 51.3 Å². The van der Waals surface area contributed by atoms with Crippen LogP contribution in [0.4, 0.5) is 0 Å². The highest BCUT2D eigenvalue weighted by molar-refractivity contribution is 5.14. The first-order valence-corrected chi connectivity index (χ1v) is 6.15. The van der Waals surface area contributed by atoms with Crippen LogP contribution >= 0.6 is 0 Å². The number of nitrogens with zero attached hydrogens (tertiary/aromatic N) is 1. The molecule has 1 aliphatic rings. The van der Waals surface area contributed by atoms with E-state index in [0.717, 1.165) is 25.1 Å². The molecule has 0 aliphatic heterocycles. The molecule has 3 nitrogen and oxygen atoms in total. The fourth-order valence-corrected chi connectivity index (χ4v) is 2.46. The van der Waals surface area contributed by atoms with Gasteiger partial charge in [0.1, 0.15) is 5.76 Å². The second-order valence-corrected chi connectivity index (χ2v) is 5.01. The standard InChI is InChI=1S/C13H22N2O/c1-10-7-8-16-13(10)9-15(2)12-5-3-11(14)4-6-12/h7-8,11-12H,3-6,9,14H2,1-2H3. The minimum absolute atomic E-state index is 0.426. The lowest BCUT2D eigenvalue weighted by Crippen LogP contribution is -2.38. The molecule has 0 saturated heterocycles. The Hall–Kier alpha value is -0.800. The second-order valence-electron chi connectivity index (χ2n) is 5.01. The molecule has 2 N–H and O–H groups in total. The maximum absolute atomic E-state index is 5.92. The van der Waals surface area contributed by atoms with Crippen LogP contribution in [0.5, 0.6) is 0 Å². The van der Waals surface area contributed by atoms with Crippen molar-refractivity contribution in [1.29, 1.82) is 0 Å². The van der Waals surface area contributed by atoms with Gasteiger partial charge in [0.05, 0.1) is 12.8 Å². The third-order valence-electron chi connectivity index (χ3n) is 3.73. The van der Waals surface area contributed by atoms with Crippen molar-refractivity contribution in [2.75, 3.05) is 7.05 Å². The second kappa shape index (κ2) is 5.02. The van der Waals surface area contributed by atoms with E-state index in [2.05, 4.69) is 18.9 Å². The van der Waals surface area contributed by atoms with Crippen molar-refractivity contribution in [2.45, 2.75) is 51.2 Å². The van der Waals surface area contributed by atoms with Gasteiger partial charge in [0.2, 0.25) is 0 Å². The van der Waals surface area contributed by atoms with E-state index < -0.39 is 0 Å². The maximum Gasteiger partial charge on any atom is 0.120 e. The van der Waals surface area contributed by atoms with Crippen LogP contribution in [0.15, 0.2) is 16.7 Å². The number of hydrogen-bond donors (Lipinski definition) is 1. The summed E-state index contributed by atoms with van der Waals surface area (Å²) in [4.78, 5) is 2.40. The molecule has 0 spiro atoms. The summed E-state index contributed by atoms with van der Waals surface area (Å²) in [5, 5.41) is 0. The van der Waals surface area contributed by atoms with Gasteiger partial charge in [-0.1, -0.05) is 0 Å². The molecule has 0 unspecified atom stereocenters. The number of furan rings is 1. The van der Waals surface area contributed by atoms with Gasteiger partial charge in [-0.3, -0.25) is 4.90 Å². The first-order chi connectivity index (χ1) is 7.66. The Morgan fingerprint density at radius 1 is 1.38 bits per heavy atom. The molecule has 1 aliphatic carbocycles. The number of nitrogens with two attached hydrogens (primary N) is 1. The molecule has 0 atom stereocenters. The van der Waals surface area contributed by atoms with Crippen molar-refractivity contribution >= 4 is 0 Å². The molecule has 1 fully saturated rings. The van der Waals surface area contributed by atoms with E-state index in [1.54, 1.807) is 6.26 Å². The Kier molecular flexibility index (Phi) is 3.66. The highest BCUT2D eigenvalue weighted by Crippen LogP contribution is 2.23. The van der Waals surface area contributed by atoms with Crippen LogP contribution in [0.1, 0.15) is 37.0 Å². The summed E-state index contributed by atoms with van der Waals surface area (Å²) in [5.41, 5.74) is 7.17. The summed E-state index contributed by atoms with van der Waals surface area (Å²) in [6.07, 6.45) is 6.53. The zero-order chi connectivity index (χ0) is 11.5. The molecule has 1 aromatic rings. The zero-order valence-corrected chi connectivity index (χ0v) is 10.3. The number of hydrogen-bond acceptors (Lipinski definition) is 3. The zero-order valence-electron chi connectivity index (χ0n) is 10.3. The van der Waals surface area contributed by atoms with Gasteiger partial charge >= 0.3 is 0 Å². The summed E-state index contributed by atoms with van der Waals surface area (Å²) < 4.78 is 5.48. The summed E-state index contributed by atoms with van der Waals surface area (Å²) in [5.74, 6) is 1.09. The fraction of sp³-hybridized carbons (Fsp3) is 0.692. The van der Waals surface area contributed by atoms with Crippen LogP contribution in [0.3, 0.4) is 0 Å². The molecule has 3 heteroatoms. The fourth-order valence-electron chi connectivity index (χ4n) is 2.46. The average Bonchev–Trinajstić information content (AvgIpc) is 2.65. The average molecular weight is 222 g/mol. The molecule has 0 bridgehead atoms. The molecule has 1 saturated carbocycles. The van der Waals surface area contributed by atoms with E-state index in [9.17, 15) is 0 Å². The van der Waals surface area contributed by atoms with Crippen molar-refractivity contribution in [1.82, 2.24) is 4.90 Å². The van der Waals surface area contributed by atoms with Crippen LogP contribution in [-0.4, -0.2) is 24.0 Å². The third-order valence-corrected chi connectivity index (χ3v) is 3.73. The lowest BCUT2D eigenvalue weighted by Gasteiger charge is -2.33. The van der Waals surface area contributed by atoms with Crippen molar-refractivity contribution < 1.29 is 4.42 Å². The van der Waals surface area contributed by atoms with Crippen LogP contribution in [-0.2, 0) is 6.54 Å². The highest BCUT2D eigenvalue weighted by Gasteiger charge is 2.22. The Labute approximate surface area is 97.6 Å². The Bertz CT molecular complexity index is 326. The van der Waals surface area contributed by atoms with E-state index >= 15 is 0 Å². The summed E-state index contributed by atoms with van der Waals surface area (Å²) >= 11 is 0. The largest absolute Gasteiger partial charge is 0.468 e. The van der Waals surface area contributed by atoms with Gasteiger partial charge in [-0.2, -0.15) is 0 Å². The van der Waals surface area contributed by atoms with Crippen LogP contribution in [0, 0.1) is 6.92 Å². The normalized spacial score (nSPS) is 26.2. The lowest BCUT2D eigenvalue weighted by molar-refractivity contribution is 0.165. The van der Waals surface area contributed by atoms with Gasteiger partial charge in [0.15, 0.2) is 0 Å². The smallest absolute Gasteiger partial charge is 0.120 e. The van der Waals surface area contributed by atoms with E-state index in [4.69, 9.17) is 10.2 Å². The van der Waals surface area contributed by atoms with E-state index in [1.807, 2.05) is 6.07 Å². The monoisotopic (exact) mass is 222 g/mol.